The Morgan fingerprint density at radius 3 is 1.95 bits per heavy atom. The molecule has 0 radical (unpaired) electrons. The van der Waals surface area contributed by atoms with Crippen LogP contribution in [0.3, 0.4) is 0 Å². The first-order chi connectivity index (χ1) is 19.4. The van der Waals surface area contributed by atoms with Gasteiger partial charge in [-0.05, 0) is 60.9 Å². The Bertz CT molecular complexity index is 1400. The Morgan fingerprint density at radius 1 is 0.854 bits per heavy atom. The van der Waals surface area contributed by atoms with Crippen LogP contribution >= 0.6 is 0 Å². The second-order valence-corrected chi connectivity index (χ2v) is 12.0. The molecule has 0 aliphatic rings. The van der Waals surface area contributed by atoms with Gasteiger partial charge in [0.1, 0.15) is 24.2 Å². The number of hydrogen-bond donors (Lipinski definition) is 1. The van der Waals surface area contributed by atoms with Crippen molar-refractivity contribution in [3.05, 3.63) is 102 Å². The third-order valence-electron chi connectivity index (χ3n) is 6.67. The minimum atomic E-state index is -4.19. The third-order valence-corrected chi connectivity index (χ3v) is 8.49. The molecule has 0 fully saturated rings. The van der Waals surface area contributed by atoms with E-state index in [-0.39, 0.29) is 24.7 Å². The van der Waals surface area contributed by atoms with Gasteiger partial charge >= 0.3 is 10.2 Å². The summed E-state index contributed by atoms with van der Waals surface area (Å²) >= 11 is 0. The van der Waals surface area contributed by atoms with Crippen LogP contribution in [0.15, 0.2) is 78.9 Å². The molecule has 0 aliphatic heterocycles. The molecule has 3 aromatic rings. The Hall–Kier alpha value is -3.83. The summed E-state index contributed by atoms with van der Waals surface area (Å²) in [5, 5.41) is 2.95. The average Bonchev–Trinajstić information content (AvgIpc) is 2.95. The summed E-state index contributed by atoms with van der Waals surface area (Å²) in [4.78, 5) is 29.1. The van der Waals surface area contributed by atoms with Gasteiger partial charge in [-0.2, -0.15) is 12.7 Å². The Kier molecular flexibility index (Phi) is 11.0. The monoisotopic (exact) mass is 586 g/mol. The molecule has 0 bridgehead atoms. The van der Waals surface area contributed by atoms with Gasteiger partial charge in [-0.15, -0.1) is 0 Å². The van der Waals surface area contributed by atoms with E-state index in [1.807, 2.05) is 44.2 Å². The lowest BCUT2D eigenvalue weighted by atomic mass is 10.0. The number of halogens is 2. The quantitative estimate of drug-likeness (QED) is 0.326. The summed E-state index contributed by atoms with van der Waals surface area (Å²) in [6.07, 6.45) is 0.822. The van der Waals surface area contributed by atoms with Crippen molar-refractivity contribution in [3.8, 4) is 0 Å². The average molecular weight is 587 g/mol. The van der Waals surface area contributed by atoms with Crippen LogP contribution in [0, 0.1) is 11.6 Å². The predicted octanol–water partition coefficient (Wildman–Crippen LogP) is 4.13. The van der Waals surface area contributed by atoms with Crippen molar-refractivity contribution < 1.29 is 26.8 Å². The predicted molar refractivity (Wildman–Crippen MR) is 155 cm³/mol. The van der Waals surface area contributed by atoms with Gasteiger partial charge in [0.15, 0.2) is 0 Å². The first-order valence-corrected chi connectivity index (χ1v) is 14.7. The van der Waals surface area contributed by atoms with Gasteiger partial charge in [0.25, 0.3) is 0 Å². The highest BCUT2D eigenvalue weighted by molar-refractivity contribution is 7.90. The molecule has 0 saturated heterocycles. The zero-order chi connectivity index (χ0) is 30.2. The van der Waals surface area contributed by atoms with Crippen LogP contribution in [0.2, 0.25) is 0 Å². The van der Waals surface area contributed by atoms with E-state index in [4.69, 9.17) is 0 Å². The highest BCUT2D eigenvalue weighted by Crippen LogP contribution is 2.22. The summed E-state index contributed by atoms with van der Waals surface area (Å²) in [5.74, 6) is -2.09. The molecular formula is C30H36F2N4O4S. The molecule has 3 aromatic carbocycles. The lowest BCUT2D eigenvalue weighted by Gasteiger charge is -2.35. The van der Waals surface area contributed by atoms with Crippen molar-refractivity contribution in [2.45, 2.75) is 45.3 Å². The summed E-state index contributed by atoms with van der Waals surface area (Å²) in [5.41, 5.74) is 1.43. The van der Waals surface area contributed by atoms with Crippen molar-refractivity contribution in [1.82, 2.24) is 14.5 Å². The molecule has 0 saturated carbocycles. The van der Waals surface area contributed by atoms with Crippen LogP contribution in [0.4, 0.5) is 14.5 Å². The van der Waals surface area contributed by atoms with E-state index in [0.29, 0.717) is 12.0 Å². The smallest absolute Gasteiger partial charge is 0.304 e. The molecule has 0 spiro atoms. The van der Waals surface area contributed by atoms with Crippen LogP contribution in [0.5, 0.6) is 0 Å². The van der Waals surface area contributed by atoms with E-state index in [1.165, 1.54) is 55.4 Å². The summed E-state index contributed by atoms with van der Waals surface area (Å²) in [7, 11) is -1.55. The van der Waals surface area contributed by atoms with Gasteiger partial charge in [0.2, 0.25) is 11.8 Å². The molecule has 11 heteroatoms. The van der Waals surface area contributed by atoms with Gasteiger partial charge in [0, 0.05) is 33.1 Å². The number of nitrogens with zero attached hydrogens (tertiary/aromatic N) is 3. The fraction of sp³-hybridized carbons (Fsp3) is 0.333. The highest BCUT2D eigenvalue weighted by Gasteiger charge is 2.35. The molecular weight excluding hydrogens is 550 g/mol. The van der Waals surface area contributed by atoms with Crippen LogP contribution in [0.1, 0.15) is 31.4 Å². The van der Waals surface area contributed by atoms with Gasteiger partial charge in [-0.25, -0.2) is 13.1 Å². The molecule has 1 N–H and O–H groups in total. The molecule has 0 aliphatic carbocycles. The lowest BCUT2D eigenvalue weighted by Crippen LogP contribution is -2.55. The SMILES string of the molecule is CC[C@@H](C)NC(=O)[C@H](Cc1ccccc1)N(Cc1ccc(F)cc1)C(=O)CN(c1ccc(F)cc1)S(=O)(=O)N(C)C. The summed E-state index contributed by atoms with van der Waals surface area (Å²) in [6.45, 7) is 3.04. The molecule has 2 atom stereocenters. The zero-order valence-corrected chi connectivity index (χ0v) is 24.4. The fourth-order valence-electron chi connectivity index (χ4n) is 4.11. The normalized spacial score (nSPS) is 13.0. The van der Waals surface area contributed by atoms with Crippen LogP contribution in [-0.4, -0.2) is 62.2 Å². The largest absolute Gasteiger partial charge is 0.352 e. The van der Waals surface area contributed by atoms with Crippen molar-refractivity contribution in [3.63, 3.8) is 0 Å². The first kappa shape index (κ1) is 31.7. The molecule has 2 amide bonds. The maximum atomic E-state index is 14.1. The topological polar surface area (TPSA) is 90.0 Å². The fourth-order valence-corrected chi connectivity index (χ4v) is 5.16. The molecule has 8 nitrogen and oxygen atoms in total. The number of rotatable bonds is 13. The zero-order valence-electron chi connectivity index (χ0n) is 23.6. The standard InChI is InChI=1S/C30H36F2N4O4S/c1-5-22(2)33-30(38)28(19-23-9-7-6-8-10-23)35(20-24-11-13-25(31)14-12-24)29(37)21-36(41(39,40)34(3)4)27-17-15-26(32)16-18-27/h6-18,22,28H,5,19-21H2,1-4H3,(H,33,38)/t22-,28+/m1/s1. The lowest BCUT2D eigenvalue weighted by molar-refractivity contribution is -0.140. The van der Waals surface area contributed by atoms with Crippen LogP contribution in [0.25, 0.3) is 0 Å². The number of carbonyl (C=O) groups is 2. The number of nitrogens with one attached hydrogen (secondary N) is 1. The number of amides is 2. The number of hydrogen-bond acceptors (Lipinski definition) is 4. The molecule has 3 rings (SSSR count). The minimum absolute atomic E-state index is 0.0796. The minimum Gasteiger partial charge on any atom is -0.352 e. The second kappa shape index (κ2) is 14.2. The Balaban J connectivity index is 2.08. The van der Waals surface area contributed by atoms with Crippen molar-refractivity contribution >= 4 is 27.7 Å². The molecule has 220 valence electrons. The Morgan fingerprint density at radius 2 is 1.41 bits per heavy atom. The van der Waals surface area contributed by atoms with E-state index in [2.05, 4.69) is 5.32 Å². The molecule has 0 aromatic heterocycles. The summed E-state index contributed by atoms with van der Waals surface area (Å²) in [6, 6.07) is 18.3. The first-order valence-electron chi connectivity index (χ1n) is 13.3. The maximum Gasteiger partial charge on any atom is 0.304 e. The Labute approximate surface area is 240 Å². The van der Waals surface area contributed by atoms with Crippen molar-refractivity contribution in [1.29, 1.82) is 0 Å². The number of benzene rings is 3. The number of anilines is 1. The summed E-state index contributed by atoms with van der Waals surface area (Å²) < 4.78 is 55.8. The van der Waals surface area contributed by atoms with E-state index in [0.717, 1.165) is 26.3 Å². The van der Waals surface area contributed by atoms with E-state index >= 15 is 0 Å². The van der Waals surface area contributed by atoms with E-state index < -0.39 is 46.2 Å². The van der Waals surface area contributed by atoms with Gasteiger partial charge in [-0.3, -0.25) is 9.59 Å². The van der Waals surface area contributed by atoms with Crippen LogP contribution in [-0.2, 0) is 32.8 Å². The van der Waals surface area contributed by atoms with Gasteiger partial charge in [0.05, 0.1) is 5.69 Å². The van der Waals surface area contributed by atoms with Crippen molar-refractivity contribution in [2.24, 2.45) is 0 Å². The van der Waals surface area contributed by atoms with E-state index in [1.54, 1.807) is 0 Å². The van der Waals surface area contributed by atoms with E-state index in [9.17, 15) is 26.8 Å². The number of carbonyl (C=O) groups excluding carboxylic acids is 2. The maximum absolute atomic E-state index is 14.1. The van der Waals surface area contributed by atoms with Gasteiger partial charge in [-0.1, -0.05) is 49.4 Å². The van der Waals surface area contributed by atoms with Gasteiger partial charge < -0.3 is 10.2 Å². The molecule has 0 heterocycles. The van der Waals surface area contributed by atoms with Crippen molar-refractivity contribution in [2.75, 3.05) is 24.9 Å². The third kappa shape index (κ3) is 8.58. The second-order valence-electron chi connectivity index (χ2n) is 9.94. The molecule has 41 heavy (non-hydrogen) atoms. The van der Waals surface area contributed by atoms with Crippen LogP contribution < -0.4 is 9.62 Å². The molecule has 0 unspecified atom stereocenters. The highest BCUT2D eigenvalue weighted by atomic mass is 32.2.